The van der Waals surface area contributed by atoms with Gasteiger partial charge in [0.15, 0.2) is 42.2 Å². The summed E-state index contributed by atoms with van der Waals surface area (Å²) in [6, 6.07) is 5.50. The van der Waals surface area contributed by atoms with Crippen LogP contribution in [0.5, 0.6) is 28.7 Å². The third-order valence-corrected chi connectivity index (χ3v) is 11.7. The van der Waals surface area contributed by atoms with E-state index in [9.17, 15) is 81.4 Å². The molecular weight excluding hydrogens is 896 g/mol. The van der Waals surface area contributed by atoms with Crippen molar-refractivity contribution in [2.24, 2.45) is 0 Å². The molecule has 26 nitrogen and oxygen atoms in total. The number of fused-ring (bicyclic) bond motifs is 1. The van der Waals surface area contributed by atoms with Crippen LogP contribution in [0.1, 0.15) is 6.92 Å². The summed E-state index contributed by atoms with van der Waals surface area (Å²) in [6.07, 6.45) is -36.3. The summed E-state index contributed by atoms with van der Waals surface area (Å²) >= 11 is 0. The van der Waals surface area contributed by atoms with Crippen LogP contribution in [0.25, 0.3) is 22.3 Å². The highest BCUT2D eigenvalue weighted by Crippen LogP contribution is 2.41. The van der Waals surface area contributed by atoms with Gasteiger partial charge in [0.05, 0.1) is 33.0 Å². The van der Waals surface area contributed by atoms with Crippen LogP contribution in [0, 0.1) is 0 Å². The second-order valence-corrected chi connectivity index (χ2v) is 16.1. The topological polar surface area (TPSA) is 417 Å². The summed E-state index contributed by atoms with van der Waals surface area (Å²) in [6.45, 7) is -1.04. The lowest BCUT2D eigenvalue weighted by Crippen LogP contribution is -2.65. The minimum absolute atomic E-state index is 0.0125. The Balaban J connectivity index is 1.19. The van der Waals surface area contributed by atoms with Crippen molar-refractivity contribution < 1.29 is 124 Å². The molecular formula is C40H52O26. The summed E-state index contributed by atoms with van der Waals surface area (Å²) < 4.78 is 56.8. The predicted octanol–water partition coefficient (Wildman–Crippen LogP) is -5.74. The Bertz CT molecular complexity index is 2190. The molecule has 26 heteroatoms. The maximum atomic E-state index is 14.3. The molecule has 0 radical (unpaired) electrons. The number of ether oxygens (including phenoxy) is 9. The summed E-state index contributed by atoms with van der Waals surface area (Å²) in [4.78, 5) is 14.3. The molecule has 0 saturated carbocycles. The molecule has 1 aromatic heterocycles. The van der Waals surface area contributed by atoms with Gasteiger partial charge in [-0.2, -0.15) is 0 Å². The molecule has 3 aromatic rings. The number of aromatic hydroxyl groups is 3. The van der Waals surface area contributed by atoms with Crippen molar-refractivity contribution in [3.05, 3.63) is 40.6 Å². The molecule has 368 valence electrons. The Hall–Kier alpha value is -4.11. The van der Waals surface area contributed by atoms with Crippen molar-refractivity contribution in [3.8, 4) is 40.1 Å². The minimum atomic E-state index is -2.15. The zero-order chi connectivity index (χ0) is 48.0. The van der Waals surface area contributed by atoms with Gasteiger partial charge in [0.25, 0.3) is 0 Å². The molecule has 4 fully saturated rings. The van der Waals surface area contributed by atoms with E-state index in [-0.39, 0.29) is 22.6 Å². The first kappa shape index (κ1) is 49.8. The molecule has 0 spiro atoms. The van der Waals surface area contributed by atoms with Gasteiger partial charge in [-0.15, -0.1) is 0 Å². The van der Waals surface area contributed by atoms with Gasteiger partial charge in [0, 0.05) is 17.7 Å². The van der Waals surface area contributed by atoms with Crippen molar-refractivity contribution >= 4 is 11.0 Å². The van der Waals surface area contributed by atoms with Crippen LogP contribution >= 0.6 is 0 Å². The molecule has 7 rings (SSSR count). The van der Waals surface area contributed by atoms with Gasteiger partial charge in [0.2, 0.25) is 17.5 Å². The molecule has 4 aliphatic heterocycles. The van der Waals surface area contributed by atoms with E-state index in [1.165, 1.54) is 32.2 Å². The smallest absolute Gasteiger partial charge is 0.239 e. The van der Waals surface area contributed by atoms with Gasteiger partial charge >= 0.3 is 0 Å². The number of hydrogen-bond acceptors (Lipinski definition) is 26. The molecule has 5 heterocycles. The molecule has 4 saturated heterocycles. The molecule has 0 bridgehead atoms. The summed E-state index contributed by atoms with van der Waals surface area (Å²) in [5.74, 6) is -2.96. The van der Waals surface area contributed by atoms with E-state index < -0.39 is 176 Å². The first-order valence-corrected chi connectivity index (χ1v) is 20.4. The second-order valence-electron chi connectivity index (χ2n) is 16.1. The van der Waals surface area contributed by atoms with Crippen LogP contribution in [-0.2, 0) is 33.2 Å². The lowest BCUT2D eigenvalue weighted by Gasteiger charge is -2.46. The van der Waals surface area contributed by atoms with E-state index in [0.717, 1.165) is 12.1 Å². The predicted molar refractivity (Wildman–Crippen MR) is 210 cm³/mol. The van der Waals surface area contributed by atoms with Crippen LogP contribution in [0.3, 0.4) is 0 Å². The Labute approximate surface area is 371 Å². The number of rotatable bonds is 13. The van der Waals surface area contributed by atoms with Gasteiger partial charge < -0.3 is 124 Å². The standard InChI is InChI=1S/C40H52O26/c1-11-22(45)27(50)33(56)39(60-11)66-36-30(53)25(48)20(10-59-38-32(55)29(52)24(47)19(63-38)9-58-37-31(54)28(51)23(46)18(8-41)62-37)64-40(36)65-35-26(49)21-15(44)6-13(42)7-17(21)61-34(35)12-3-4-14(43)16(5-12)57-2/h3-7,11,18-20,22-25,27-33,36-48,50-56H,8-10H2,1-2H3/t11-,18+,19+,20+,22-,23+,24+,25+,27+,28-,29-,30-,31+,32+,33+,36+,37+,38+,39-,40-/m0/s1. The normalized spacial score (nSPS) is 39.7. The molecule has 66 heavy (non-hydrogen) atoms. The van der Waals surface area contributed by atoms with E-state index in [1.807, 2.05) is 0 Å². The maximum absolute atomic E-state index is 14.3. The Morgan fingerprint density at radius 1 is 0.591 bits per heavy atom. The summed E-state index contributed by atoms with van der Waals surface area (Å²) in [5.41, 5.74) is -1.49. The van der Waals surface area contributed by atoms with Gasteiger partial charge in [-0.25, -0.2) is 0 Å². The SMILES string of the molecule is COc1cc(-c2oc3cc(O)cc(O)c3c(=O)c2O[C@@H]2O[C@H](CO[C@@H]3O[C@H](CO[C@@H]4O[C@H](CO)[C@@H](O)[C@H](O)[C@H]4O)[C@@H](O)[C@H](O)[C@H]3O)[C@@H](O)[C@H](O)[C@H]2O[C@@H]2O[C@@H](C)[C@H](O)[C@@H](O)[C@H]2O)ccc1O. The molecule has 15 N–H and O–H groups in total. The first-order valence-electron chi connectivity index (χ1n) is 20.4. The summed E-state index contributed by atoms with van der Waals surface area (Å²) in [5, 5.41) is 158. The number of benzene rings is 2. The average molecular weight is 949 g/mol. The quantitative estimate of drug-likeness (QED) is 0.0759. The molecule has 0 amide bonds. The van der Waals surface area contributed by atoms with Gasteiger partial charge in [0.1, 0.15) is 108 Å². The van der Waals surface area contributed by atoms with Gasteiger partial charge in [-0.3, -0.25) is 4.79 Å². The number of hydrogen-bond donors (Lipinski definition) is 15. The Morgan fingerprint density at radius 3 is 1.74 bits per heavy atom. The number of aliphatic hydroxyl groups is 12. The van der Waals surface area contributed by atoms with Crippen molar-refractivity contribution in [2.45, 2.75) is 130 Å². The summed E-state index contributed by atoms with van der Waals surface area (Å²) in [7, 11) is 1.23. The van der Waals surface area contributed by atoms with E-state index in [4.69, 9.17) is 47.0 Å². The zero-order valence-corrected chi connectivity index (χ0v) is 34.8. The highest BCUT2D eigenvalue weighted by atomic mass is 16.8. The van der Waals surface area contributed by atoms with Crippen molar-refractivity contribution in [1.29, 1.82) is 0 Å². The molecule has 2 aromatic carbocycles. The second kappa shape index (κ2) is 20.2. The first-order chi connectivity index (χ1) is 31.2. The van der Waals surface area contributed by atoms with Crippen LogP contribution < -0.4 is 14.9 Å². The van der Waals surface area contributed by atoms with Gasteiger partial charge in [-0.05, 0) is 25.1 Å². The number of phenols is 3. The highest BCUT2D eigenvalue weighted by Gasteiger charge is 2.53. The van der Waals surface area contributed by atoms with Crippen LogP contribution in [-0.4, -0.2) is 226 Å². The fourth-order valence-corrected chi connectivity index (χ4v) is 7.84. The molecule has 0 unspecified atom stereocenters. The lowest BCUT2D eigenvalue weighted by molar-refractivity contribution is -0.362. The van der Waals surface area contributed by atoms with Crippen LogP contribution in [0.4, 0.5) is 0 Å². The monoisotopic (exact) mass is 948 g/mol. The third-order valence-electron chi connectivity index (χ3n) is 11.7. The van der Waals surface area contributed by atoms with E-state index in [0.29, 0.717) is 0 Å². The van der Waals surface area contributed by atoms with Crippen molar-refractivity contribution in [1.82, 2.24) is 0 Å². The lowest BCUT2D eigenvalue weighted by atomic mass is 9.97. The van der Waals surface area contributed by atoms with Crippen LogP contribution in [0.2, 0.25) is 0 Å². The Morgan fingerprint density at radius 2 is 1.14 bits per heavy atom. The number of methoxy groups -OCH3 is 1. The van der Waals surface area contributed by atoms with E-state index in [1.54, 1.807) is 0 Å². The third kappa shape index (κ3) is 9.63. The van der Waals surface area contributed by atoms with Crippen molar-refractivity contribution in [2.75, 3.05) is 26.9 Å². The molecule has 20 atom stereocenters. The Kier molecular flexibility index (Phi) is 15.3. The van der Waals surface area contributed by atoms with Crippen LogP contribution in [0.15, 0.2) is 39.5 Å². The van der Waals surface area contributed by atoms with E-state index >= 15 is 0 Å². The largest absolute Gasteiger partial charge is 0.508 e. The fourth-order valence-electron chi connectivity index (χ4n) is 7.84. The molecule has 0 aliphatic carbocycles. The fraction of sp³-hybridized carbons (Fsp3) is 0.625. The minimum Gasteiger partial charge on any atom is -0.508 e. The van der Waals surface area contributed by atoms with Crippen molar-refractivity contribution in [3.63, 3.8) is 0 Å². The highest BCUT2D eigenvalue weighted by molar-refractivity contribution is 5.88. The number of aliphatic hydroxyl groups excluding tert-OH is 12. The van der Waals surface area contributed by atoms with E-state index in [2.05, 4.69) is 0 Å². The van der Waals surface area contributed by atoms with Gasteiger partial charge in [-0.1, -0.05) is 0 Å². The average Bonchev–Trinajstić information content (AvgIpc) is 3.29. The zero-order valence-electron chi connectivity index (χ0n) is 34.8. The maximum Gasteiger partial charge on any atom is 0.239 e. The number of phenolic OH excluding ortho intramolecular Hbond substituents is 3. The molecule has 4 aliphatic rings.